The molecule has 0 radical (unpaired) electrons. The topological polar surface area (TPSA) is 0 Å². The summed E-state index contributed by atoms with van der Waals surface area (Å²) in [5.41, 5.74) is 2.48. The van der Waals surface area contributed by atoms with Gasteiger partial charge < -0.3 is 0 Å². The molecule has 2 aromatic carbocycles. The predicted molar refractivity (Wildman–Crippen MR) is 66.9 cm³/mol. The lowest BCUT2D eigenvalue weighted by Crippen LogP contribution is -2.36. The molecule has 0 aliphatic rings. The van der Waals surface area contributed by atoms with Gasteiger partial charge in [0.05, 0.1) is 0 Å². The van der Waals surface area contributed by atoms with Crippen LogP contribution in [0.3, 0.4) is 0 Å². The molecule has 68 valence electrons. The number of benzene rings is 2. The summed E-state index contributed by atoms with van der Waals surface area (Å²) in [4.78, 5) is 0. The molecular formula is C12H11BS. The largest absolute Gasteiger partial charge is 0.271 e. The third-order valence-electron chi connectivity index (χ3n) is 2.23. The SMILES string of the molecule is SB(c1ccccc1)c1ccccc1. The van der Waals surface area contributed by atoms with Crippen LogP contribution in [0, 0.1) is 0 Å². The van der Waals surface area contributed by atoms with Crippen molar-refractivity contribution in [2.75, 3.05) is 0 Å². The molecule has 0 aliphatic heterocycles. The Morgan fingerprint density at radius 3 is 1.36 bits per heavy atom. The van der Waals surface area contributed by atoms with Crippen LogP contribution >= 0.6 is 12.5 Å². The summed E-state index contributed by atoms with van der Waals surface area (Å²) in [5.74, 6) is 0.178. The molecule has 2 heteroatoms. The normalized spacial score (nSPS) is 9.79. The van der Waals surface area contributed by atoms with Crippen molar-refractivity contribution in [3.05, 3.63) is 60.7 Å². The Labute approximate surface area is 90.4 Å². The van der Waals surface area contributed by atoms with Crippen LogP contribution in [-0.2, 0) is 0 Å². The molecule has 14 heavy (non-hydrogen) atoms. The summed E-state index contributed by atoms with van der Waals surface area (Å²) in [6, 6.07) is 20.6. The molecule has 0 heterocycles. The zero-order valence-corrected chi connectivity index (χ0v) is 8.69. The minimum absolute atomic E-state index is 0.178. The van der Waals surface area contributed by atoms with Crippen molar-refractivity contribution in [3.63, 3.8) is 0 Å². The van der Waals surface area contributed by atoms with E-state index in [1.807, 2.05) is 36.4 Å². The highest BCUT2D eigenvalue weighted by Crippen LogP contribution is 1.95. The van der Waals surface area contributed by atoms with Crippen molar-refractivity contribution < 1.29 is 0 Å². The van der Waals surface area contributed by atoms with Crippen LogP contribution in [0.1, 0.15) is 0 Å². The van der Waals surface area contributed by atoms with Gasteiger partial charge in [-0.05, 0) is 0 Å². The van der Waals surface area contributed by atoms with Gasteiger partial charge in [-0.2, -0.15) is 0 Å². The van der Waals surface area contributed by atoms with Gasteiger partial charge in [-0.1, -0.05) is 71.6 Å². The quantitative estimate of drug-likeness (QED) is 0.551. The van der Waals surface area contributed by atoms with E-state index >= 15 is 0 Å². The Morgan fingerprint density at radius 2 is 1.00 bits per heavy atom. The molecule has 0 aliphatic carbocycles. The molecule has 0 amide bonds. The van der Waals surface area contributed by atoms with Gasteiger partial charge in [-0.15, -0.1) is 0 Å². The second kappa shape index (κ2) is 4.38. The van der Waals surface area contributed by atoms with Crippen molar-refractivity contribution in [3.8, 4) is 0 Å². The summed E-state index contributed by atoms with van der Waals surface area (Å²) in [6.07, 6.45) is 0. The molecule has 0 bridgehead atoms. The average molecular weight is 198 g/mol. The van der Waals surface area contributed by atoms with E-state index in [9.17, 15) is 0 Å². The average Bonchev–Trinajstić information content (AvgIpc) is 2.30. The summed E-state index contributed by atoms with van der Waals surface area (Å²) in [7, 11) is 0. The van der Waals surface area contributed by atoms with E-state index < -0.39 is 0 Å². The van der Waals surface area contributed by atoms with E-state index in [0.29, 0.717) is 0 Å². The van der Waals surface area contributed by atoms with Crippen molar-refractivity contribution >= 4 is 29.4 Å². The first kappa shape index (κ1) is 9.41. The third-order valence-corrected chi connectivity index (χ3v) is 2.83. The number of hydrogen-bond acceptors (Lipinski definition) is 1. The molecule has 0 unspecified atom stereocenters. The van der Waals surface area contributed by atoms with Gasteiger partial charge in [0.2, 0.25) is 0 Å². The lowest BCUT2D eigenvalue weighted by molar-refractivity contribution is 1.74. The first-order valence-electron chi connectivity index (χ1n) is 4.66. The summed E-state index contributed by atoms with van der Waals surface area (Å²) < 4.78 is 0. The van der Waals surface area contributed by atoms with Crippen LogP contribution < -0.4 is 10.9 Å². The summed E-state index contributed by atoms with van der Waals surface area (Å²) in [5, 5.41) is 0. The molecule has 2 aromatic rings. The predicted octanol–water partition coefficient (Wildman–Crippen LogP) is 1.72. The molecule has 0 nitrogen and oxygen atoms in total. The van der Waals surface area contributed by atoms with Gasteiger partial charge in [0.15, 0.2) is 0 Å². The van der Waals surface area contributed by atoms with E-state index in [4.69, 9.17) is 0 Å². The lowest BCUT2D eigenvalue weighted by Gasteiger charge is -2.06. The monoisotopic (exact) mass is 198 g/mol. The first-order chi connectivity index (χ1) is 6.88. The first-order valence-corrected chi connectivity index (χ1v) is 5.17. The molecule has 0 fully saturated rings. The number of hydrogen-bond donors (Lipinski definition) is 1. The highest BCUT2D eigenvalue weighted by Gasteiger charge is 2.12. The molecule has 0 atom stereocenters. The second-order valence-corrected chi connectivity index (χ2v) is 3.74. The molecule has 0 saturated heterocycles. The maximum Gasteiger partial charge on any atom is 0.271 e. The minimum atomic E-state index is 0.178. The van der Waals surface area contributed by atoms with Gasteiger partial charge in [0.1, 0.15) is 0 Å². The second-order valence-electron chi connectivity index (χ2n) is 3.22. The highest BCUT2D eigenvalue weighted by molar-refractivity contribution is 8.13. The highest BCUT2D eigenvalue weighted by atomic mass is 32.1. The fourth-order valence-electron chi connectivity index (χ4n) is 1.46. The van der Waals surface area contributed by atoms with Crippen LogP contribution in [0.25, 0.3) is 0 Å². The Bertz CT molecular complexity index is 346. The van der Waals surface area contributed by atoms with E-state index in [-0.39, 0.29) is 5.99 Å². The maximum atomic E-state index is 4.61. The molecule has 0 saturated carbocycles. The smallest absolute Gasteiger partial charge is 0.215 e. The molecule has 2 rings (SSSR count). The van der Waals surface area contributed by atoms with Crippen molar-refractivity contribution in [1.82, 2.24) is 0 Å². The number of thiol groups is 1. The summed E-state index contributed by atoms with van der Waals surface area (Å²) in [6.45, 7) is 0. The molecule has 0 aromatic heterocycles. The van der Waals surface area contributed by atoms with Crippen LogP contribution in [0.2, 0.25) is 0 Å². The van der Waals surface area contributed by atoms with E-state index in [0.717, 1.165) is 0 Å². The van der Waals surface area contributed by atoms with E-state index in [2.05, 4.69) is 36.7 Å². The maximum absolute atomic E-state index is 4.61. The van der Waals surface area contributed by atoms with Crippen molar-refractivity contribution in [2.24, 2.45) is 0 Å². The van der Waals surface area contributed by atoms with Crippen LogP contribution in [-0.4, -0.2) is 5.99 Å². The Balaban J connectivity index is 2.30. The zero-order chi connectivity index (χ0) is 9.80. The fourth-order valence-corrected chi connectivity index (χ4v) is 1.81. The Kier molecular flexibility index (Phi) is 2.95. The minimum Gasteiger partial charge on any atom is -0.215 e. The molecule has 0 N–H and O–H groups in total. The third kappa shape index (κ3) is 2.02. The van der Waals surface area contributed by atoms with Crippen LogP contribution in [0.5, 0.6) is 0 Å². The zero-order valence-electron chi connectivity index (χ0n) is 7.80. The van der Waals surface area contributed by atoms with Gasteiger partial charge in [-0.25, -0.2) is 12.5 Å². The van der Waals surface area contributed by atoms with Gasteiger partial charge in [0.25, 0.3) is 5.99 Å². The van der Waals surface area contributed by atoms with E-state index in [1.54, 1.807) is 0 Å². The van der Waals surface area contributed by atoms with Gasteiger partial charge in [-0.3, -0.25) is 0 Å². The van der Waals surface area contributed by atoms with E-state index in [1.165, 1.54) is 10.9 Å². The summed E-state index contributed by atoms with van der Waals surface area (Å²) >= 11 is 4.61. The standard InChI is InChI=1S/C12H11BS/c14-13(11-7-3-1-4-8-11)12-9-5-2-6-10-12/h1-10,14H. The van der Waals surface area contributed by atoms with Crippen molar-refractivity contribution in [2.45, 2.75) is 0 Å². The van der Waals surface area contributed by atoms with Crippen LogP contribution in [0.15, 0.2) is 60.7 Å². The Morgan fingerprint density at radius 1 is 0.643 bits per heavy atom. The van der Waals surface area contributed by atoms with Crippen LogP contribution in [0.4, 0.5) is 0 Å². The lowest BCUT2D eigenvalue weighted by atomic mass is 9.62. The van der Waals surface area contributed by atoms with Gasteiger partial charge in [0, 0.05) is 0 Å². The molecular weight excluding hydrogens is 187 g/mol. The Hall–Kier alpha value is -1.15. The van der Waals surface area contributed by atoms with Gasteiger partial charge >= 0.3 is 0 Å². The fraction of sp³-hybridized carbons (Fsp3) is 0. The number of rotatable bonds is 2. The molecule has 0 spiro atoms. The van der Waals surface area contributed by atoms with Crippen molar-refractivity contribution in [1.29, 1.82) is 0 Å².